The molecule has 6 radical (unpaired) electrons. The Labute approximate surface area is 719 Å². The molecule has 10 nitrogen and oxygen atoms in total. The Morgan fingerprint density at radius 2 is 0.800 bits per heavy atom. The number of aromatic hydroxyl groups is 1. The Morgan fingerprint density at radius 1 is 0.432 bits per heavy atom. The van der Waals surface area contributed by atoms with Gasteiger partial charge in [0.25, 0.3) is 0 Å². The van der Waals surface area contributed by atoms with Gasteiger partial charge in [-0.1, -0.05) is 197 Å². The first-order valence-electron chi connectivity index (χ1n) is 31.9. The van der Waals surface area contributed by atoms with Gasteiger partial charge in [0.15, 0.2) is 5.67 Å². The van der Waals surface area contributed by atoms with Crippen LogP contribution in [0.2, 0.25) is 0 Å². The molecular formula is C78H103FN5O5Y6-. The maximum atomic E-state index is 14.4. The van der Waals surface area contributed by atoms with E-state index >= 15 is 0 Å². The van der Waals surface area contributed by atoms with Gasteiger partial charge in [-0.25, -0.2) is 4.39 Å². The summed E-state index contributed by atoms with van der Waals surface area (Å²) >= 11 is 0. The van der Waals surface area contributed by atoms with E-state index in [-0.39, 0.29) is 254 Å². The molecule has 9 heterocycles. The van der Waals surface area contributed by atoms with Gasteiger partial charge in [0, 0.05) is 273 Å². The van der Waals surface area contributed by atoms with Gasteiger partial charge in [0.05, 0.1) is 48.4 Å². The number of hydrogen-bond donors (Lipinski definition) is 1. The summed E-state index contributed by atoms with van der Waals surface area (Å²) in [5.41, 5.74) is 11.7. The Morgan fingerprint density at radius 3 is 1.27 bits per heavy atom. The number of alkyl halides is 1. The number of halogens is 1. The second-order valence-electron chi connectivity index (χ2n) is 32.0. The van der Waals surface area contributed by atoms with Gasteiger partial charge < -0.3 is 47.3 Å². The third-order valence-electron chi connectivity index (χ3n) is 17.7. The van der Waals surface area contributed by atoms with E-state index in [1.807, 2.05) is 35.0 Å². The smallest absolute Gasteiger partial charge is 0.159 e. The summed E-state index contributed by atoms with van der Waals surface area (Å²) < 4.78 is 47.1. The van der Waals surface area contributed by atoms with Crippen molar-refractivity contribution in [1.82, 2.24) is 23.3 Å². The summed E-state index contributed by atoms with van der Waals surface area (Å²) in [6.45, 7) is 49.1. The van der Waals surface area contributed by atoms with Crippen LogP contribution in [-0.2, 0) is 249 Å². The Balaban J connectivity index is 0.000000305. The van der Waals surface area contributed by atoms with Gasteiger partial charge in [-0.05, 0) is 112 Å². The number of phenolic OH excluding ortho intramolecular Hbond substituents is 1. The third-order valence-corrected chi connectivity index (χ3v) is 17.7. The minimum atomic E-state index is -1.33. The van der Waals surface area contributed by atoms with Gasteiger partial charge in [-0.3, -0.25) is 0 Å². The average molecular weight is 1740 g/mol. The molecule has 14 rings (SSSR count). The summed E-state index contributed by atoms with van der Waals surface area (Å²) in [5.74, 6) is 4.14. The van der Waals surface area contributed by atoms with E-state index in [1.54, 1.807) is 13.0 Å². The molecule has 5 aromatic carbocycles. The van der Waals surface area contributed by atoms with Crippen molar-refractivity contribution in [3.8, 4) is 28.7 Å². The molecule has 5 aromatic heterocycles. The Bertz CT molecular complexity index is 4080. The molecule has 496 valence electrons. The van der Waals surface area contributed by atoms with Crippen LogP contribution in [0.3, 0.4) is 0 Å². The van der Waals surface area contributed by atoms with Crippen LogP contribution in [0.25, 0.3) is 54.5 Å². The number of para-hydroxylation sites is 5. The van der Waals surface area contributed by atoms with E-state index in [0.717, 1.165) is 79.7 Å². The normalized spacial score (nSPS) is 16.5. The summed E-state index contributed by atoms with van der Waals surface area (Å²) in [6, 6.07) is 30.8. The van der Waals surface area contributed by atoms with E-state index in [4.69, 9.17) is 18.9 Å². The fraction of sp³-hybridized carbons (Fsp3) is 0.487. The second kappa shape index (κ2) is 33.9. The predicted octanol–water partition coefficient (Wildman–Crippen LogP) is 20.0. The van der Waals surface area contributed by atoms with Crippen molar-refractivity contribution in [3.05, 3.63) is 150 Å². The topological polar surface area (TPSA) is 91.0 Å². The number of phenols is 1. The van der Waals surface area contributed by atoms with Crippen LogP contribution in [0.5, 0.6) is 28.7 Å². The van der Waals surface area contributed by atoms with Crippen LogP contribution < -0.4 is 23.9 Å². The van der Waals surface area contributed by atoms with E-state index < -0.39 is 5.67 Å². The number of nitrogens with zero attached hydrogens (tertiary/aromatic N) is 5. The van der Waals surface area contributed by atoms with E-state index in [2.05, 4.69) is 236 Å². The van der Waals surface area contributed by atoms with Crippen LogP contribution in [0.15, 0.2) is 122 Å². The molecule has 1 unspecified atom stereocenters. The van der Waals surface area contributed by atoms with Crippen LogP contribution in [-0.4, -0.2) is 55.5 Å². The molecule has 4 aliphatic rings. The van der Waals surface area contributed by atoms with Crippen molar-refractivity contribution in [2.24, 2.45) is 5.41 Å². The summed E-state index contributed by atoms with van der Waals surface area (Å²) in [4.78, 5) is 4.23. The zero-order valence-corrected chi connectivity index (χ0v) is 77.1. The van der Waals surface area contributed by atoms with Crippen LogP contribution in [0, 0.1) is 5.41 Å². The standard InChI is InChI=1S/2C17H23NO.C16H20FNO.C15H19NO.C12H14NO.CH4.6Y/c1-16(2,3)13-9-18-10-17(4,5)11-19-14-8-6-7-12(13)15(14)18;1-16(2,3)13-11-18-15-12(13)7-6-8-14(15)19-10-9-17(18,4)5;1-15(2,3)12-8-18-9-16(4,17)10-19-13-7-5-6-11(12)14(13)18;1-15(2,3)12-10-16-8-5-9-17-13-7-4-6-11(12)14(13)16;1-12(2,3)9-7-13-11-8(9)5-4-6-10(11)14;;;;;;;/h6-9H,10-11H2,1-5H3;6-8,11H,9-10H2,1-5H3;5-8H,9-10H2,1-4H3;4,6-7,10H,5,8-9H2,1-3H3;4-7,14H,1-3H3;1H4;;;;;;/q;;;;-1;;;;;;;. The van der Waals surface area contributed by atoms with Crippen LogP contribution in [0.4, 0.5) is 4.39 Å². The fourth-order valence-electron chi connectivity index (χ4n) is 13.0. The number of ether oxygens (including phenoxy) is 4. The second-order valence-corrected chi connectivity index (χ2v) is 32.0. The van der Waals surface area contributed by atoms with Gasteiger partial charge in [0.2, 0.25) is 0 Å². The molecular weight excluding hydrogens is 1640 g/mol. The molecule has 0 amide bonds. The monoisotopic (exact) mass is 1740 g/mol. The van der Waals surface area contributed by atoms with E-state index in [9.17, 15) is 9.50 Å². The van der Waals surface area contributed by atoms with Crippen molar-refractivity contribution in [2.45, 2.75) is 217 Å². The summed E-state index contributed by atoms with van der Waals surface area (Å²) in [6.07, 6.45) is 13.0. The molecule has 1 N–H and O–H groups in total. The van der Waals surface area contributed by atoms with Gasteiger partial charge >= 0.3 is 0 Å². The summed E-state index contributed by atoms with van der Waals surface area (Å²) in [5, 5.41) is 15.8. The number of aryl methyl sites for hydroxylation is 1. The first-order valence-corrected chi connectivity index (χ1v) is 31.9. The maximum absolute atomic E-state index is 14.4. The first-order chi connectivity index (χ1) is 40.9. The molecule has 4 aliphatic heterocycles. The first kappa shape index (κ1) is 88.6. The molecule has 10 aromatic rings. The molecule has 0 fully saturated rings. The molecule has 95 heavy (non-hydrogen) atoms. The third kappa shape index (κ3) is 19.8. The number of rotatable bonds is 0. The van der Waals surface area contributed by atoms with Crippen molar-refractivity contribution in [1.29, 1.82) is 0 Å². The number of fused-ring (bicyclic) bond motifs is 1. The molecule has 17 heteroatoms. The van der Waals surface area contributed by atoms with E-state index in [0.29, 0.717) is 12.1 Å². The zero-order valence-electron chi connectivity index (χ0n) is 60.1. The number of aromatic nitrogens is 5. The molecule has 0 bridgehead atoms. The van der Waals surface area contributed by atoms with Crippen LogP contribution in [0.1, 0.15) is 187 Å². The average Bonchev–Trinajstić information content (AvgIpc) is 1.63. The predicted molar refractivity (Wildman–Crippen MR) is 371 cm³/mol. The number of hydrogen-bond acceptors (Lipinski definition) is 5. The molecule has 0 saturated heterocycles. The molecule has 0 saturated carbocycles. The maximum Gasteiger partial charge on any atom is 0.159 e. The minimum Gasteiger partial charge on any atom is -0.660 e. The number of benzene rings is 5. The fourth-order valence-corrected chi connectivity index (χ4v) is 13.0. The Hall–Kier alpha value is -0.647. The van der Waals surface area contributed by atoms with Gasteiger partial charge in [-0.15, -0.1) is 0 Å². The van der Waals surface area contributed by atoms with Crippen molar-refractivity contribution in [2.75, 3.05) is 26.4 Å². The largest absolute Gasteiger partial charge is 0.660 e. The Kier molecular flexibility index (Phi) is 31.6. The van der Waals surface area contributed by atoms with Crippen LogP contribution >= 0.6 is 0 Å². The zero-order chi connectivity index (χ0) is 63.9. The van der Waals surface area contributed by atoms with Crippen molar-refractivity contribution in [3.63, 3.8) is 0 Å². The van der Waals surface area contributed by atoms with Crippen molar-refractivity contribution < 1.29 is 225 Å². The summed E-state index contributed by atoms with van der Waals surface area (Å²) in [7, 11) is 0. The molecule has 1 atom stereocenters. The molecule has 0 aliphatic carbocycles. The quantitative estimate of drug-likeness (QED) is 0.163. The SMILES string of the molecule is C.CC(C)(C)c1c[n-]c2c(O)cccc12.CC(C)(C)c1cn2c3c(cccc13)OCCC2.CC(C)(C)c1cn2c3c(cccc13)OCCC2(C)C.CC1(C)COc2cccc3c(C(C)(C)C)cn(c23)C1.CC1(F)COc2cccc3c(C(C)(C)C)cn(c23)C1.[Y].[Y].[Y].[Y].[Y].[Y]. The van der Waals surface area contributed by atoms with E-state index in [1.165, 1.54) is 65.9 Å². The molecule has 0 spiro atoms. The minimum absolute atomic E-state index is 0. The van der Waals surface area contributed by atoms with Gasteiger partial charge in [0.1, 0.15) is 35.4 Å². The van der Waals surface area contributed by atoms with Crippen molar-refractivity contribution >= 4 is 54.5 Å². The van der Waals surface area contributed by atoms with Gasteiger partial charge in [-0.2, -0.15) is 6.20 Å².